The van der Waals surface area contributed by atoms with Gasteiger partial charge in [0.2, 0.25) is 0 Å². The molecule has 0 aromatic heterocycles. The normalized spacial score (nSPS) is 10.8. The summed E-state index contributed by atoms with van der Waals surface area (Å²) in [6, 6.07) is 37.5. The van der Waals surface area contributed by atoms with Crippen LogP contribution in [0, 0.1) is 83.1 Å². The maximum atomic E-state index is 4.85. The summed E-state index contributed by atoms with van der Waals surface area (Å²) in [5.74, 6) is 0. The standard InChI is InChI=1S/C48H52P2.2ClH.2H2N.Ru/c1-29-25-39(11)43(41(27-29)49(45-31(3)17-13-18-32(45)4)46-33(5)19-14-20-34(46)6)44-40(12)26-30(2)28-42(44)50(47-35(7)21-15-22-36(47)8)48-37(9)23-16-24-38(48)10;;;;;/h13-28H,1-12H3;2*1H;2*1H2;/q;;;2*-1;+4. The maximum Gasteiger partial charge on any atom is -0.693 e. The van der Waals surface area contributed by atoms with Crippen LogP contribution in [-0.2, 0) is 15.1 Å². The minimum absolute atomic E-state index is 0. The maximum absolute atomic E-state index is 4.85. The molecule has 0 saturated heterocycles. The first kappa shape index (κ1) is 46.7. The molecule has 6 aromatic carbocycles. The summed E-state index contributed by atoms with van der Waals surface area (Å²) in [4.78, 5) is 0. The van der Waals surface area contributed by atoms with Gasteiger partial charge in [-0.1, -0.05) is 84.9 Å². The van der Waals surface area contributed by atoms with Gasteiger partial charge in [-0.25, -0.2) is 0 Å². The van der Waals surface area contributed by atoms with E-state index in [2.05, 4.69) is 180 Å². The number of hydrogen-bond donors (Lipinski definition) is 0. The van der Waals surface area contributed by atoms with Crippen LogP contribution < -0.4 is 31.8 Å². The third-order valence-electron chi connectivity index (χ3n) is 10.7. The number of nitrogens with two attached hydrogens (primary N) is 2. The summed E-state index contributed by atoms with van der Waals surface area (Å²) in [5.41, 5.74) is 19.4. The molecule has 6 aromatic rings. The van der Waals surface area contributed by atoms with E-state index in [1.165, 1.54) is 110 Å². The van der Waals surface area contributed by atoms with Gasteiger partial charge in [-0.05, 0) is 162 Å². The monoisotopic (exact) mass is 896 g/mol. The van der Waals surface area contributed by atoms with E-state index in [9.17, 15) is 0 Å². The van der Waals surface area contributed by atoms with Crippen molar-refractivity contribution in [3.05, 3.63) is 176 Å². The molecule has 0 amide bonds. The Bertz CT molecular complexity index is 1960. The van der Waals surface area contributed by atoms with Gasteiger partial charge in [0, 0.05) is 11.1 Å². The van der Waals surface area contributed by atoms with Crippen LogP contribution in [0.1, 0.15) is 66.8 Å². The molecule has 0 aliphatic carbocycles. The van der Waals surface area contributed by atoms with Gasteiger partial charge >= 0.3 is 34.5 Å². The summed E-state index contributed by atoms with van der Waals surface area (Å²) >= 11 is -0.346. The number of halogens is 2. The minimum atomic E-state index is -1.44. The number of hydrogen-bond acceptors (Lipinski definition) is 0. The van der Waals surface area contributed by atoms with Crippen LogP contribution in [-0.4, -0.2) is 0 Å². The van der Waals surface area contributed by atoms with Gasteiger partial charge in [-0.2, -0.15) is 0 Å². The quantitative estimate of drug-likeness (QED) is 0.113. The van der Waals surface area contributed by atoms with E-state index in [4.69, 9.17) is 19.4 Å². The number of rotatable bonds is 7. The van der Waals surface area contributed by atoms with Gasteiger partial charge in [-0.15, -0.1) is 0 Å². The molecule has 6 rings (SSSR count). The van der Waals surface area contributed by atoms with Crippen LogP contribution in [0.5, 0.6) is 0 Å². The van der Waals surface area contributed by atoms with Crippen molar-refractivity contribution in [2.24, 2.45) is 0 Å². The van der Waals surface area contributed by atoms with Crippen LogP contribution in [0.4, 0.5) is 0 Å². The first-order valence-electron chi connectivity index (χ1n) is 18.3. The Kier molecular flexibility index (Phi) is 17.1. The first-order valence-corrected chi connectivity index (χ1v) is 25.8. The van der Waals surface area contributed by atoms with Crippen LogP contribution in [0.25, 0.3) is 23.4 Å². The Labute approximate surface area is 350 Å². The largest absolute Gasteiger partial charge is 0.693 e. The molecule has 0 heterocycles. The summed E-state index contributed by atoms with van der Waals surface area (Å²) in [6.45, 7) is 27.9. The van der Waals surface area contributed by atoms with Crippen molar-refractivity contribution in [3.8, 4) is 11.1 Å². The first-order chi connectivity index (χ1) is 25.2. The molecule has 0 aliphatic heterocycles. The van der Waals surface area contributed by atoms with Crippen molar-refractivity contribution in [1.29, 1.82) is 0 Å². The molecule has 7 heteroatoms. The van der Waals surface area contributed by atoms with E-state index in [0.29, 0.717) is 0 Å². The Hall–Kier alpha value is -2.70. The molecular weight excluding hydrogens is 838 g/mol. The van der Waals surface area contributed by atoms with Crippen molar-refractivity contribution in [2.45, 2.75) is 83.1 Å². The predicted octanol–water partition coefficient (Wildman–Crippen LogP) is 12.8. The summed E-state index contributed by atoms with van der Waals surface area (Å²) in [5, 5.41) is 9.15. The van der Waals surface area contributed by atoms with Gasteiger partial charge in [0.25, 0.3) is 0 Å². The molecule has 0 unspecified atom stereocenters. The van der Waals surface area contributed by atoms with Crippen molar-refractivity contribution >= 4 is 67.1 Å². The molecule has 0 atom stereocenters. The zero-order valence-electron chi connectivity index (χ0n) is 34.5. The van der Waals surface area contributed by atoms with Crippen LogP contribution in [0.15, 0.2) is 97.1 Å². The molecule has 0 radical (unpaired) electrons. The zero-order chi connectivity index (χ0) is 38.7. The minimum Gasteiger partial charge on any atom is -0.693 e. The molecule has 55 heavy (non-hydrogen) atoms. The fraction of sp³-hybridized carbons (Fsp3) is 0.250. The average Bonchev–Trinajstić information content (AvgIpc) is 3.07. The van der Waals surface area contributed by atoms with Crippen LogP contribution in [0.2, 0.25) is 0 Å². The van der Waals surface area contributed by atoms with Gasteiger partial charge < -0.3 is 12.3 Å². The third-order valence-corrected chi connectivity index (χ3v) is 17.7. The summed E-state index contributed by atoms with van der Waals surface area (Å²) < 4.78 is 0. The molecule has 0 bridgehead atoms. The average molecular weight is 897 g/mol. The molecule has 0 spiro atoms. The molecule has 4 N–H and O–H groups in total. The predicted molar refractivity (Wildman–Crippen MR) is 251 cm³/mol. The van der Waals surface area contributed by atoms with E-state index in [1.807, 2.05) is 0 Å². The summed E-state index contributed by atoms with van der Waals surface area (Å²) in [7, 11) is 6.84. The number of benzene rings is 6. The third kappa shape index (κ3) is 9.71. The van der Waals surface area contributed by atoms with Crippen LogP contribution >= 0.6 is 35.2 Å². The van der Waals surface area contributed by atoms with Crippen molar-refractivity contribution in [1.82, 2.24) is 0 Å². The second-order valence-electron chi connectivity index (χ2n) is 14.9. The molecule has 2 nitrogen and oxygen atoms in total. The second kappa shape index (κ2) is 20.1. The van der Waals surface area contributed by atoms with Crippen LogP contribution in [0.3, 0.4) is 0 Å². The van der Waals surface area contributed by atoms with Gasteiger partial charge in [-0.3, -0.25) is 0 Å². The molecular formula is C48H58Cl2N2P2Ru+2. The van der Waals surface area contributed by atoms with E-state index in [1.54, 1.807) is 0 Å². The fourth-order valence-electron chi connectivity index (χ4n) is 8.62. The Balaban J connectivity index is 0.00000157. The molecule has 290 valence electrons. The van der Waals surface area contributed by atoms with Crippen molar-refractivity contribution in [3.63, 3.8) is 0 Å². The van der Waals surface area contributed by atoms with Gasteiger partial charge in [0.05, 0.1) is 0 Å². The van der Waals surface area contributed by atoms with Gasteiger partial charge in [0.1, 0.15) is 47.7 Å². The van der Waals surface area contributed by atoms with Crippen molar-refractivity contribution < 1.29 is 15.1 Å². The SMILES string of the molecule is Cc1cc(C)c(-c2c(C)cc(C)cc2[PH+](c2c(C)cccc2C)c2c(C)cccc2C)c([PH+](c2c(C)cccc2C)c2c(C)cccc2C)c1.[Cl][Ru+2][Cl].[NH2-].[NH2-]. The smallest absolute Gasteiger partial charge is 0.693 e. The Morgan fingerprint density at radius 2 is 0.545 bits per heavy atom. The van der Waals surface area contributed by atoms with E-state index in [-0.39, 0.29) is 27.4 Å². The van der Waals surface area contributed by atoms with E-state index >= 15 is 0 Å². The number of aryl methyl sites for hydroxylation is 12. The Morgan fingerprint density at radius 1 is 0.345 bits per heavy atom. The van der Waals surface area contributed by atoms with Gasteiger partial charge in [0.15, 0.2) is 0 Å². The second-order valence-corrected chi connectivity index (χ2v) is 22.1. The van der Waals surface area contributed by atoms with Crippen molar-refractivity contribution in [2.75, 3.05) is 0 Å². The molecule has 0 fully saturated rings. The molecule has 0 saturated carbocycles. The van der Waals surface area contributed by atoms with E-state index < -0.39 is 15.8 Å². The topological polar surface area (TPSA) is 67.0 Å². The van der Waals surface area contributed by atoms with E-state index in [0.717, 1.165) is 0 Å². The summed E-state index contributed by atoms with van der Waals surface area (Å²) in [6.07, 6.45) is 0. The Morgan fingerprint density at radius 3 is 0.745 bits per heavy atom. The fourth-order valence-corrected chi connectivity index (χ4v) is 15.9. The zero-order valence-corrected chi connectivity index (χ0v) is 39.8. The molecule has 0 aliphatic rings.